The van der Waals surface area contributed by atoms with E-state index in [2.05, 4.69) is 25.3 Å². The molecule has 4 rings (SSSR count). The summed E-state index contributed by atoms with van der Waals surface area (Å²) in [6.07, 6.45) is 1.58. The Morgan fingerprint density at radius 1 is 1.11 bits per heavy atom. The summed E-state index contributed by atoms with van der Waals surface area (Å²) in [6.45, 7) is 5.28. The predicted octanol–water partition coefficient (Wildman–Crippen LogP) is 6.73. The Morgan fingerprint density at radius 3 is 2.53 bits per heavy atom. The third kappa shape index (κ3) is 5.88. The number of amides is 2. The van der Waals surface area contributed by atoms with Crippen molar-refractivity contribution in [2.45, 2.75) is 32.7 Å². The van der Waals surface area contributed by atoms with Gasteiger partial charge in [0.25, 0.3) is 5.91 Å². The van der Waals surface area contributed by atoms with E-state index in [4.69, 9.17) is 27.9 Å². The molecule has 1 unspecified atom stereocenters. The van der Waals surface area contributed by atoms with Crippen LogP contribution >= 0.6 is 34.5 Å². The summed E-state index contributed by atoms with van der Waals surface area (Å²) in [7, 11) is 1.59. The molecule has 0 N–H and O–H groups in total. The SMILES string of the molecule is COc1ccc(C(=O)N(CCC(C)C)CC(=O)N2CCc3sccc3C2c2ccc(Cl)cc2Cl)cc1. The lowest BCUT2D eigenvalue weighted by Gasteiger charge is -2.38. The zero-order chi connectivity index (χ0) is 25.8. The summed E-state index contributed by atoms with van der Waals surface area (Å²) >= 11 is 14.5. The quantitative estimate of drug-likeness (QED) is 0.316. The molecule has 0 saturated heterocycles. The van der Waals surface area contributed by atoms with Crippen LogP contribution in [-0.2, 0) is 11.2 Å². The van der Waals surface area contributed by atoms with Crippen LogP contribution < -0.4 is 4.74 Å². The van der Waals surface area contributed by atoms with Gasteiger partial charge in [0.2, 0.25) is 5.91 Å². The Hall–Kier alpha value is -2.54. The average Bonchev–Trinajstić information content (AvgIpc) is 3.35. The van der Waals surface area contributed by atoms with Gasteiger partial charge in [-0.1, -0.05) is 43.1 Å². The minimum absolute atomic E-state index is 0.00123. The monoisotopic (exact) mass is 544 g/mol. The van der Waals surface area contributed by atoms with Crippen molar-refractivity contribution in [3.63, 3.8) is 0 Å². The van der Waals surface area contributed by atoms with Gasteiger partial charge in [-0.3, -0.25) is 9.59 Å². The first kappa shape index (κ1) is 26.5. The minimum Gasteiger partial charge on any atom is -0.497 e. The normalized spacial score (nSPS) is 15.1. The number of rotatable bonds is 8. The Balaban J connectivity index is 1.62. The molecule has 0 bridgehead atoms. The second kappa shape index (κ2) is 11.7. The molecule has 5 nitrogen and oxygen atoms in total. The molecule has 0 radical (unpaired) electrons. The topological polar surface area (TPSA) is 49.9 Å². The molecule has 8 heteroatoms. The third-order valence-corrected chi connectivity index (χ3v) is 8.03. The van der Waals surface area contributed by atoms with E-state index >= 15 is 0 Å². The molecule has 1 aromatic heterocycles. The number of methoxy groups -OCH3 is 1. The zero-order valence-electron chi connectivity index (χ0n) is 20.7. The van der Waals surface area contributed by atoms with Crippen LogP contribution in [-0.4, -0.2) is 48.4 Å². The van der Waals surface area contributed by atoms with Crippen LogP contribution in [0.5, 0.6) is 5.75 Å². The van der Waals surface area contributed by atoms with Gasteiger partial charge in [-0.25, -0.2) is 0 Å². The fourth-order valence-electron chi connectivity index (χ4n) is 4.48. The molecule has 36 heavy (non-hydrogen) atoms. The number of halogens is 2. The van der Waals surface area contributed by atoms with E-state index in [0.29, 0.717) is 40.4 Å². The van der Waals surface area contributed by atoms with E-state index in [-0.39, 0.29) is 24.4 Å². The van der Waals surface area contributed by atoms with Crippen molar-refractivity contribution in [1.29, 1.82) is 0 Å². The van der Waals surface area contributed by atoms with Crippen molar-refractivity contribution in [3.05, 3.63) is 85.5 Å². The highest BCUT2D eigenvalue weighted by molar-refractivity contribution is 7.10. The van der Waals surface area contributed by atoms with Crippen LogP contribution in [0.25, 0.3) is 0 Å². The van der Waals surface area contributed by atoms with Gasteiger partial charge >= 0.3 is 0 Å². The summed E-state index contributed by atoms with van der Waals surface area (Å²) in [5.74, 6) is 0.809. The maximum atomic E-state index is 13.8. The van der Waals surface area contributed by atoms with Gasteiger partial charge in [-0.15, -0.1) is 11.3 Å². The summed E-state index contributed by atoms with van der Waals surface area (Å²) < 4.78 is 5.22. The number of carbonyl (C=O) groups excluding carboxylic acids is 2. The summed E-state index contributed by atoms with van der Waals surface area (Å²) in [6, 6.07) is 14.1. The highest BCUT2D eigenvalue weighted by Gasteiger charge is 2.35. The number of hydrogen-bond acceptors (Lipinski definition) is 4. The highest BCUT2D eigenvalue weighted by Crippen LogP contribution is 2.41. The van der Waals surface area contributed by atoms with E-state index < -0.39 is 0 Å². The van der Waals surface area contributed by atoms with Gasteiger partial charge in [0, 0.05) is 33.6 Å². The molecule has 1 atom stereocenters. The number of fused-ring (bicyclic) bond motifs is 1. The summed E-state index contributed by atoms with van der Waals surface area (Å²) in [5.41, 5.74) is 2.45. The number of ether oxygens (including phenoxy) is 1. The Kier molecular flexibility index (Phi) is 8.60. The Labute approximate surface area is 226 Å². The molecule has 0 spiro atoms. The standard InChI is InChI=1S/C28H30Cl2N2O3S/c1-18(2)10-13-31(28(34)19-4-7-21(35-3)8-5-19)17-26(33)32-14-11-25-23(12-15-36-25)27(32)22-9-6-20(29)16-24(22)30/h4-9,12,15-16,18,27H,10-11,13-14,17H2,1-3H3. The van der Waals surface area contributed by atoms with E-state index in [1.807, 2.05) is 11.0 Å². The number of carbonyl (C=O) groups is 2. The number of thiophene rings is 1. The molecule has 1 aliphatic rings. The molecule has 2 amide bonds. The molecule has 2 heterocycles. The largest absolute Gasteiger partial charge is 0.497 e. The molecule has 0 saturated carbocycles. The van der Waals surface area contributed by atoms with Gasteiger partial charge in [-0.05, 0) is 77.7 Å². The lowest BCUT2D eigenvalue weighted by Crippen LogP contribution is -2.47. The predicted molar refractivity (Wildman–Crippen MR) is 146 cm³/mol. The van der Waals surface area contributed by atoms with E-state index in [0.717, 1.165) is 24.0 Å². The van der Waals surface area contributed by atoms with Gasteiger partial charge in [0.15, 0.2) is 0 Å². The number of nitrogens with zero attached hydrogens (tertiary/aromatic N) is 2. The fraction of sp³-hybridized carbons (Fsp3) is 0.357. The Bertz CT molecular complexity index is 1230. The first-order valence-corrected chi connectivity index (χ1v) is 13.7. The number of hydrogen-bond donors (Lipinski definition) is 0. The lowest BCUT2D eigenvalue weighted by atomic mass is 9.93. The molecule has 1 aliphatic heterocycles. The molecule has 3 aromatic rings. The van der Waals surface area contributed by atoms with Gasteiger partial charge in [-0.2, -0.15) is 0 Å². The summed E-state index contributed by atoms with van der Waals surface area (Å²) in [5, 5.41) is 3.13. The third-order valence-electron chi connectivity index (χ3n) is 6.47. The van der Waals surface area contributed by atoms with Crippen molar-refractivity contribution in [2.75, 3.05) is 26.7 Å². The average molecular weight is 546 g/mol. The van der Waals surface area contributed by atoms with Crippen LogP contribution in [0.1, 0.15) is 52.7 Å². The van der Waals surface area contributed by atoms with Crippen LogP contribution in [0.2, 0.25) is 10.0 Å². The lowest BCUT2D eigenvalue weighted by molar-refractivity contribution is -0.134. The van der Waals surface area contributed by atoms with Crippen molar-refractivity contribution < 1.29 is 14.3 Å². The highest BCUT2D eigenvalue weighted by atomic mass is 35.5. The van der Waals surface area contributed by atoms with E-state index in [1.54, 1.807) is 59.7 Å². The maximum absolute atomic E-state index is 13.8. The minimum atomic E-state index is -0.319. The van der Waals surface area contributed by atoms with E-state index in [1.165, 1.54) is 4.88 Å². The molecule has 190 valence electrons. The van der Waals surface area contributed by atoms with Crippen LogP contribution in [0, 0.1) is 5.92 Å². The summed E-state index contributed by atoms with van der Waals surface area (Å²) in [4.78, 5) is 32.1. The van der Waals surface area contributed by atoms with Crippen molar-refractivity contribution in [2.24, 2.45) is 5.92 Å². The van der Waals surface area contributed by atoms with Crippen molar-refractivity contribution >= 4 is 46.4 Å². The molecular weight excluding hydrogens is 515 g/mol. The van der Waals surface area contributed by atoms with E-state index in [9.17, 15) is 9.59 Å². The van der Waals surface area contributed by atoms with Crippen LogP contribution in [0.3, 0.4) is 0 Å². The van der Waals surface area contributed by atoms with Crippen molar-refractivity contribution in [3.8, 4) is 5.75 Å². The van der Waals surface area contributed by atoms with Crippen molar-refractivity contribution in [1.82, 2.24) is 9.80 Å². The zero-order valence-corrected chi connectivity index (χ0v) is 23.0. The number of benzene rings is 2. The molecule has 0 fully saturated rings. The molecule has 0 aliphatic carbocycles. The maximum Gasteiger partial charge on any atom is 0.254 e. The first-order valence-electron chi connectivity index (χ1n) is 12.0. The van der Waals surface area contributed by atoms with Gasteiger partial charge in [0.1, 0.15) is 12.3 Å². The fourth-order valence-corrected chi connectivity index (χ4v) is 5.90. The second-order valence-electron chi connectivity index (χ2n) is 9.34. The first-order chi connectivity index (χ1) is 17.3. The second-order valence-corrected chi connectivity index (χ2v) is 11.2. The van der Waals surface area contributed by atoms with Gasteiger partial charge in [0.05, 0.1) is 13.2 Å². The molecular formula is C28H30Cl2N2O3S. The van der Waals surface area contributed by atoms with Crippen LogP contribution in [0.4, 0.5) is 0 Å². The van der Waals surface area contributed by atoms with Crippen LogP contribution in [0.15, 0.2) is 53.9 Å². The molecule has 2 aromatic carbocycles. The Morgan fingerprint density at radius 2 is 1.86 bits per heavy atom. The van der Waals surface area contributed by atoms with Gasteiger partial charge < -0.3 is 14.5 Å². The smallest absolute Gasteiger partial charge is 0.254 e.